The minimum absolute atomic E-state index is 0.467. The van der Waals surface area contributed by atoms with Gasteiger partial charge in [0.1, 0.15) is 22.8 Å². The second-order valence-corrected chi connectivity index (χ2v) is 16.4. The van der Waals surface area contributed by atoms with Crippen LogP contribution >= 0.6 is 0 Å². The molecule has 6 nitrogen and oxygen atoms in total. The first kappa shape index (κ1) is 40.1. The molecule has 0 fully saturated rings. The van der Waals surface area contributed by atoms with E-state index in [1.807, 2.05) is 73.8 Å². The van der Waals surface area contributed by atoms with E-state index >= 15 is 0 Å². The van der Waals surface area contributed by atoms with Gasteiger partial charge in [-0.3, -0.25) is 9.55 Å². The molecule has 2 N–H and O–H groups in total. The molecule has 0 aliphatic carbocycles. The normalized spacial score (nSPS) is 12.1. The lowest BCUT2D eigenvalue weighted by atomic mass is 10.0. The number of furan rings is 1. The van der Waals surface area contributed by atoms with Crippen molar-refractivity contribution in [3.05, 3.63) is 236 Å². The number of benzene rings is 8. The highest BCUT2D eigenvalue weighted by molar-refractivity contribution is 6.13. The number of aliphatic imine (C=N–C) groups is 1. The zero-order valence-corrected chi connectivity index (χ0v) is 36.5. The van der Waals surface area contributed by atoms with E-state index in [-0.39, 0.29) is 0 Å². The topological polar surface area (TPSA) is 74.3 Å². The smallest absolute Gasteiger partial charge is 0.161 e. The third-order valence-corrected chi connectivity index (χ3v) is 12.3. The number of amidine groups is 1. The summed E-state index contributed by atoms with van der Waals surface area (Å²) in [5.41, 5.74) is 21.3. The zero-order chi connectivity index (χ0) is 44.6. The van der Waals surface area contributed by atoms with Crippen molar-refractivity contribution in [1.82, 2.24) is 14.1 Å². The molecule has 0 saturated heterocycles. The van der Waals surface area contributed by atoms with E-state index in [0.717, 1.165) is 94.2 Å². The van der Waals surface area contributed by atoms with E-state index in [9.17, 15) is 0 Å². The molecular formula is C60H45N5O. The minimum atomic E-state index is 0.467. The van der Waals surface area contributed by atoms with Gasteiger partial charge in [-0.15, -0.1) is 6.58 Å². The van der Waals surface area contributed by atoms with E-state index in [2.05, 4.69) is 166 Å². The third kappa shape index (κ3) is 7.11. The largest absolute Gasteiger partial charge is 0.454 e. The number of rotatable bonds is 8. The van der Waals surface area contributed by atoms with Crippen molar-refractivity contribution in [3.8, 4) is 27.9 Å². The third-order valence-electron chi connectivity index (χ3n) is 12.3. The average molecular weight is 852 g/mol. The Morgan fingerprint density at radius 3 is 1.95 bits per heavy atom. The summed E-state index contributed by atoms with van der Waals surface area (Å²) in [7, 11) is 0. The number of hydrogen-bond acceptors (Lipinski definition) is 3. The van der Waals surface area contributed by atoms with Crippen LogP contribution in [-0.2, 0) is 6.42 Å². The molecule has 4 aromatic heterocycles. The monoisotopic (exact) mass is 851 g/mol. The molecule has 316 valence electrons. The van der Waals surface area contributed by atoms with E-state index in [1.54, 1.807) is 6.08 Å². The Balaban J connectivity index is 0.00000156. The van der Waals surface area contributed by atoms with Crippen LogP contribution in [0.25, 0.3) is 99.4 Å². The van der Waals surface area contributed by atoms with Gasteiger partial charge in [0.25, 0.3) is 0 Å². The summed E-state index contributed by atoms with van der Waals surface area (Å²) < 4.78 is 11.0. The van der Waals surface area contributed by atoms with Gasteiger partial charge in [-0.2, -0.15) is 0 Å². The Kier molecular flexibility index (Phi) is 10.4. The summed E-state index contributed by atoms with van der Waals surface area (Å²) in [5, 5.41) is 5.73. The van der Waals surface area contributed by atoms with Crippen molar-refractivity contribution >= 4 is 77.3 Å². The maximum absolute atomic E-state index is 6.78. The molecule has 0 atom stereocenters. The number of nitrogens with two attached hydrogens (primary N) is 1. The van der Waals surface area contributed by atoms with Crippen LogP contribution in [0.2, 0.25) is 0 Å². The van der Waals surface area contributed by atoms with E-state index < -0.39 is 0 Å². The maximum Gasteiger partial charge on any atom is 0.161 e. The molecule has 0 radical (unpaired) electrons. The van der Waals surface area contributed by atoms with Crippen LogP contribution in [-0.4, -0.2) is 20.0 Å². The number of fused-ring (bicyclic) bond motifs is 9. The van der Waals surface area contributed by atoms with Crippen LogP contribution in [0, 0.1) is 0 Å². The van der Waals surface area contributed by atoms with Gasteiger partial charge in [0.2, 0.25) is 0 Å². The first-order chi connectivity index (χ1) is 32.6. The molecule has 8 aromatic carbocycles. The SMILES string of the molecule is C=CC.N/C(=N\C(=C/Cc1ccccc1)n1c2ccccc2c2ccc(-c3ccc4c(c3)c3ccccc3n4-c3ccc(-c4ccnc5c4oc4ccccc45)cc3)cc21)c1ccccc1. The first-order valence-electron chi connectivity index (χ1n) is 22.2. The number of pyridine rings is 1. The van der Waals surface area contributed by atoms with Gasteiger partial charge in [0.15, 0.2) is 5.58 Å². The summed E-state index contributed by atoms with van der Waals surface area (Å²) in [4.78, 5) is 9.84. The van der Waals surface area contributed by atoms with Crippen molar-refractivity contribution < 1.29 is 4.42 Å². The number of allylic oxidation sites excluding steroid dienone is 2. The number of hydrogen-bond donors (Lipinski definition) is 1. The molecule has 12 aromatic rings. The van der Waals surface area contributed by atoms with E-state index in [4.69, 9.17) is 15.1 Å². The van der Waals surface area contributed by atoms with Crippen molar-refractivity contribution in [3.63, 3.8) is 0 Å². The Hall–Kier alpha value is -8.74. The second-order valence-electron chi connectivity index (χ2n) is 16.4. The molecule has 0 unspecified atom stereocenters. The Morgan fingerprint density at radius 2 is 1.18 bits per heavy atom. The molecule has 0 aliphatic rings. The molecule has 0 aliphatic heterocycles. The number of nitrogens with zero attached hydrogens (tertiary/aromatic N) is 4. The lowest BCUT2D eigenvalue weighted by Gasteiger charge is -2.12. The highest BCUT2D eigenvalue weighted by Gasteiger charge is 2.18. The second kappa shape index (κ2) is 17.1. The van der Waals surface area contributed by atoms with Gasteiger partial charge < -0.3 is 14.7 Å². The molecule has 4 heterocycles. The predicted octanol–water partition coefficient (Wildman–Crippen LogP) is 15.2. The van der Waals surface area contributed by atoms with Crippen LogP contribution in [0.15, 0.2) is 235 Å². The maximum atomic E-state index is 6.78. The predicted molar refractivity (Wildman–Crippen MR) is 277 cm³/mol. The van der Waals surface area contributed by atoms with Crippen LogP contribution in [0.4, 0.5) is 0 Å². The Morgan fingerprint density at radius 1 is 0.591 bits per heavy atom. The summed E-state index contributed by atoms with van der Waals surface area (Å²) in [6.07, 6.45) is 6.51. The van der Waals surface area contributed by atoms with Gasteiger partial charge in [-0.05, 0) is 102 Å². The van der Waals surface area contributed by atoms with Crippen LogP contribution in [0.5, 0.6) is 0 Å². The molecule has 0 amide bonds. The average Bonchev–Trinajstić information content (AvgIpc) is 4.03. The standard InChI is InChI=1S/C57H39N5O.C3H6/c58-57(39-15-5-2-6-16-39)60-54(32-23-37-13-3-1-4-14-37)62-50-21-11-7-17-44(50)46-30-26-41(36-52(46)62)40-27-31-51-48(35-40)45-18-8-10-20-49(45)61(51)42-28-24-38(25-29-42)43-33-34-59-55-47-19-9-12-22-53(47)63-56(43)55;1-3-2/h1-22,24-36H,23H2,(H2,58,60);3H,1H2,2H3/b54-32+;. The minimum Gasteiger partial charge on any atom is -0.454 e. The van der Waals surface area contributed by atoms with Crippen molar-refractivity contribution in [1.29, 1.82) is 0 Å². The van der Waals surface area contributed by atoms with E-state index in [0.29, 0.717) is 12.3 Å². The lowest BCUT2D eigenvalue weighted by molar-refractivity contribution is 0.669. The molecule has 0 bridgehead atoms. The fraction of sp³-hybridized carbons (Fsp3) is 0.0333. The van der Waals surface area contributed by atoms with Crippen LogP contribution in [0.1, 0.15) is 18.1 Å². The molecule has 0 spiro atoms. The van der Waals surface area contributed by atoms with Gasteiger partial charge in [-0.1, -0.05) is 146 Å². The Labute approximate surface area is 382 Å². The van der Waals surface area contributed by atoms with Crippen molar-refractivity contribution in [2.45, 2.75) is 13.3 Å². The quantitative estimate of drug-likeness (QED) is 0.0940. The molecular weight excluding hydrogens is 807 g/mol. The molecule has 12 rings (SSSR count). The summed E-state index contributed by atoms with van der Waals surface area (Å²) in [6.45, 7) is 5.25. The lowest BCUT2D eigenvalue weighted by Crippen LogP contribution is -2.14. The van der Waals surface area contributed by atoms with Gasteiger partial charge in [-0.25, -0.2) is 4.99 Å². The molecule has 66 heavy (non-hydrogen) atoms. The fourth-order valence-electron chi connectivity index (χ4n) is 9.26. The Bertz CT molecular complexity index is 3810. The zero-order valence-electron chi connectivity index (χ0n) is 36.5. The van der Waals surface area contributed by atoms with Gasteiger partial charge in [0, 0.05) is 49.9 Å². The number of aromatic nitrogens is 3. The highest BCUT2D eigenvalue weighted by atomic mass is 16.3. The highest BCUT2D eigenvalue weighted by Crippen LogP contribution is 2.40. The van der Waals surface area contributed by atoms with E-state index in [1.165, 1.54) is 16.3 Å². The van der Waals surface area contributed by atoms with Crippen LogP contribution in [0.3, 0.4) is 0 Å². The van der Waals surface area contributed by atoms with Gasteiger partial charge in [0.05, 0.1) is 22.1 Å². The summed E-state index contributed by atoms with van der Waals surface area (Å²) >= 11 is 0. The first-order valence-corrected chi connectivity index (χ1v) is 22.2. The molecule has 0 saturated carbocycles. The summed E-state index contributed by atoms with van der Waals surface area (Å²) in [6, 6.07) is 70.2. The molecule has 6 heteroatoms. The number of para-hydroxylation sites is 3. The van der Waals surface area contributed by atoms with Gasteiger partial charge >= 0.3 is 0 Å². The van der Waals surface area contributed by atoms with Crippen LogP contribution < -0.4 is 5.73 Å². The summed E-state index contributed by atoms with van der Waals surface area (Å²) in [5.74, 6) is 1.24. The fourth-order valence-corrected chi connectivity index (χ4v) is 9.26. The van der Waals surface area contributed by atoms with Crippen molar-refractivity contribution in [2.75, 3.05) is 0 Å². The van der Waals surface area contributed by atoms with Crippen molar-refractivity contribution in [2.24, 2.45) is 10.7 Å².